The lowest BCUT2D eigenvalue weighted by atomic mass is 10.4. The lowest BCUT2D eigenvalue weighted by Gasteiger charge is -2.10. The topological polar surface area (TPSA) is 96.9 Å². The van der Waals surface area contributed by atoms with Crippen LogP contribution in [0.2, 0.25) is 0 Å². The van der Waals surface area contributed by atoms with Gasteiger partial charge in [0.25, 0.3) is 10.0 Å². The van der Waals surface area contributed by atoms with Crippen molar-refractivity contribution < 1.29 is 8.42 Å². The minimum Gasteiger partial charge on any atom is -0.387 e. The third-order valence-electron chi connectivity index (χ3n) is 2.20. The van der Waals surface area contributed by atoms with E-state index in [0.717, 1.165) is 0 Å². The van der Waals surface area contributed by atoms with E-state index in [4.69, 9.17) is 0 Å². The highest BCUT2D eigenvalue weighted by Crippen LogP contribution is 2.21. The van der Waals surface area contributed by atoms with Crippen molar-refractivity contribution in [3.8, 4) is 0 Å². The first kappa shape index (κ1) is 13.7. The van der Waals surface area contributed by atoms with Gasteiger partial charge in [-0.1, -0.05) is 0 Å². The SMILES string of the molecule is CNc1ccncc1S(=O)(=O)Nc1cnc(Br)cn1. The third-order valence-corrected chi connectivity index (χ3v) is 3.99. The Morgan fingerprint density at radius 3 is 2.63 bits per heavy atom. The van der Waals surface area contributed by atoms with Crippen molar-refractivity contribution in [2.45, 2.75) is 4.90 Å². The number of pyridine rings is 1. The molecule has 2 heterocycles. The van der Waals surface area contributed by atoms with Gasteiger partial charge in [0, 0.05) is 19.4 Å². The first-order chi connectivity index (χ1) is 9.03. The van der Waals surface area contributed by atoms with Crippen molar-refractivity contribution in [3.63, 3.8) is 0 Å². The van der Waals surface area contributed by atoms with Gasteiger partial charge in [-0.05, 0) is 22.0 Å². The summed E-state index contributed by atoms with van der Waals surface area (Å²) in [4.78, 5) is 11.7. The lowest BCUT2D eigenvalue weighted by molar-refractivity contribution is 0.601. The number of rotatable bonds is 4. The molecule has 7 nitrogen and oxygen atoms in total. The maximum atomic E-state index is 12.2. The number of nitrogens with zero attached hydrogens (tertiary/aromatic N) is 3. The summed E-state index contributed by atoms with van der Waals surface area (Å²) in [6.45, 7) is 0. The molecule has 100 valence electrons. The van der Waals surface area contributed by atoms with Gasteiger partial charge >= 0.3 is 0 Å². The summed E-state index contributed by atoms with van der Waals surface area (Å²) in [5, 5.41) is 2.79. The second-order valence-corrected chi connectivity index (χ2v) is 5.91. The van der Waals surface area contributed by atoms with Crippen LogP contribution in [0.5, 0.6) is 0 Å². The average Bonchev–Trinajstić information content (AvgIpc) is 2.41. The van der Waals surface area contributed by atoms with E-state index in [-0.39, 0.29) is 10.7 Å². The Bertz CT molecular complexity index is 675. The van der Waals surface area contributed by atoms with E-state index in [1.807, 2.05) is 0 Å². The van der Waals surface area contributed by atoms with Crippen LogP contribution in [-0.4, -0.2) is 30.4 Å². The molecular formula is C10H10BrN5O2S. The van der Waals surface area contributed by atoms with E-state index < -0.39 is 10.0 Å². The van der Waals surface area contributed by atoms with Gasteiger partial charge in [-0.25, -0.2) is 18.4 Å². The van der Waals surface area contributed by atoms with Gasteiger partial charge in [0.05, 0.1) is 18.1 Å². The van der Waals surface area contributed by atoms with Gasteiger partial charge in [0.15, 0.2) is 5.82 Å². The minimum atomic E-state index is -3.76. The number of nitrogens with one attached hydrogen (secondary N) is 2. The highest BCUT2D eigenvalue weighted by Gasteiger charge is 2.19. The van der Waals surface area contributed by atoms with Crippen LogP contribution in [0.3, 0.4) is 0 Å². The zero-order valence-electron chi connectivity index (χ0n) is 9.83. The Morgan fingerprint density at radius 1 is 1.21 bits per heavy atom. The molecule has 2 rings (SSSR count). The van der Waals surface area contributed by atoms with Gasteiger partial charge < -0.3 is 5.32 Å². The Morgan fingerprint density at radius 2 is 2.00 bits per heavy atom. The molecule has 0 fully saturated rings. The average molecular weight is 344 g/mol. The molecule has 0 bridgehead atoms. The van der Waals surface area contributed by atoms with E-state index in [1.54, 1.807) is 13.1 Å². The molecule has 0 aliphatic heterocycles. The zero-order valence-corrected chi connectivity index (χ0v) is 12.2. The summed E-state index contributed by atoms with van der Waals surface area (Å²) in [5.74, 6) is 0.133. The summed E-state index contributed by atoms with van der Waals surface area (Å²) in [5.41, 5.74) is 0.451. The molecule has 0 unspecified atom stereocenters. The summed E-state index contributed by atoms with van der Waals surface area (Å²) >= 11 is 3.12. The fourth-order valence-corrected chi connectivity index (χ4v) is 2.71. The van der Waals surface area contributed by atoms with Crippen molar-refractivity contribution in [2.75, 3.05) is 17.1 Å². The molecule has 0 atom stereocenters. The Kier molecular flexibility index (Phi) is 3.96. The van der Waals surface area contributed by atoms with Crippen molar-refractivity contribution in [3.05, 3.63) is 35.5 Å². The quantitative estimate of drug-likeness (QED) is 0.872. The molecule has 2 aromatic heterocycles. The van der Waals surface area contributed by atoms with E-state index in [1.165, 1.54) is 24.8 Å². The summed E-state index contributed by atoms with van der Waals surface area (Å²) in [7, 11) is -2.13. The largest absolute Gasteiger partial charge is 0.387 e. The maximum Gasteiger partial charge on any atom is 0.266 e. The van der Waals surface area contributed by atoms with E-state index in [2.05, 4.69) is 40.9 Å². The summed E-state index contributed by atoms with van der Waals surface area (Å²) < 4.78 is 27.2. The Hall–Kier alpha value is -1.74. The molecule has 19 heavy (non-hydrogen) atoms. The van der Waals surface area contributed by atoms with Gasteiger partial charge in [-0.3, -0.25) is 9.71 Å². The van der Waals surface area contributed by atoms with Crippen molar-refractivity contribution in [1.82, 2.24) is 15.0 Å². The number of anilines is 2. The van der Waals surface area contributed by atoms with E-state index in [9.17, 15) is 8.42 Å². The van der Waals surface area contributed by atoms with Crippen LogP contribution in [0.1, 0.15) is 0 Å². The van der Waals surface area contributed by atoms with Crippen LogP contribution < -0.4 is 10.0 Å². The second-order valence-electron chi connectivity index (χ2n) is 3.45. The summed E-state index contributed by atoms with van der Waals surface area (Å²) in [6.07, 6.45) is 5.49. The number of hydrogen-bond acceptors (Lipinski definition) is 6. The fourth-order valence-electron chi connectivity index (χ4n) is 1.36. The molecular weight excluding hydrogens is 334 g/mol. The molecule has 2 aromatic rings. The number of sulfonamides is 1. The zero-order chi connectivity index (χ0) is 13.9. The molecule has 2 N–H and O–H groups in total. The van der Waals surface area contributed by atoms with Crippen LogP contribution >= 0.6 is 15.9 Å². The molecule has 0 aromatic carbocycles. The smallest absolute Gasteiger partial charge is 0.266 e. The van der Waals surface area contributed by atoms with E-state index in [0.29, 0.717) is 10.3 Å². The minimum absolute atomic E-state index is 0.0437. The predicted octanol–water partition coefficient (Wildman–Crippen LogP) is 1.48. The molecule has 0 saturated heterocycles. The molecule has 0 aliphatic rings. The molecule has 0 radical (unpaired) electrons. The highest BCUT2D eigenvalue weighted by atomic mass is 79.9. The molecule has 0 spiro atoms. The van der Waals surface area contributed by atoms with Gasteiger partial charge in [0.2, 0.25) is 0 Å². The predicted molar refractivity (Wildman–Crippen MR) is 74.3 cm³/mol. The third kappa shape index (κ3) is 3.18. The molecule has 9 heteroatoms. The number of halogens is 1. The standard InChI is InChI=1S/C10H10BrN5O2S/c1-12-7-2-3-13-4-8(7)19(17,18)16-10-6-14-9(11)5-15-10/h2-6H,1H3,(H,12,13)(H,15,16). The van der Waals surface area contributed by atoms with Crippen molar-refractivity contribution >= 4 is 37.5 Å². The first-order valence-electron chi connectivity index (χ1n) is 5.15. The maximum absolute atomic E-state index is 12.2. The van der Waals surface area contributed by atoms with Crippen molar-refractivity contribution in [2.24, 2.45) is 0 Å². The van der Waals surface area contributed by atoms with Crippen LogP contribution in [-0.2, 0) is 10.0 Å². The van der Waals surface area contributed by atoms with Gasteiger partial charge in [-0.15, -0.1) is 0 Å². The number of hydrogen-bond donors (Lipinski definition) is 2. The second kappa shape index (κ2) is 5.49. The molecule has 0 amide bonds. The van der Waals surface area contributed by atoms with Crippen LogP contribution in [0.25, 0.3) is 0 Å². The van der Waals surface area contributed by atoms with Crippen LogP contribution in [0, 0.1) is 0 Å². The molecule has 0 aliphatic carbocycles. The van der Waals surface area contributed by atoms with Gasteiger partial charge in [-0.2, -0.15) is 0 Å². The normalized spacial score (nSPS) is 11.1. The van der Waals surface area contributed by atoms with Gasteiger partial charge in [0.1, 0.15) is 9.50 Å². The van der Waals surface area contributed by atoms with Crippen LogP contribution in [0.4, 0.5) is 11.5 Å². The summed E-state index contributed by atoms with van der Waals surface area (Å²) in [6, 6.07) is 1.57. The Balaban J connectivity index is 2.35. The lowest BCUT2D eigenvalue weighted by Crippen LogP contribution is -2.16. The molecule has 0 saturated carbocycles. The Labute approximate surface area is 118 Å². The van der Waals surface area contributed by atoms with Crippen LogP contribution in [0.15, 0.2) is 40.4 Å². The monoisotopic (exact) mass is 343 g/mol. The van der Waals surface area contributed by atoms with E-state index >= 15 is 0 Å². The first-order valence-corrected chi connectivity index (χ1v) is 7.42. The fraction of sp³-hybridized carbons (Fsp3) is 0.100. The number of aromatic nitrogens is 3. The van der Waals surface area contributed by atoms with Crippen molar-refractivity contribution in [1.29, 1.82) is 0 Å². The highest BCUT2D eigenvalue weighted by molar-refractivity contribution is 9.10.